The SMILES string of the molecule is [CH+]=CC[Si](CC=C)(CC=C)CCCCNC(=O)OCc1c2ccccc2cc2ccccc12. The third kappa shape index (κ3) is 6.41. The second-order valence-electron chi connectivity index (χ2n) is 8.68. The van der Waals surface area contributed by atoms with Gasteiger partial charge in [0, 0.05) is 18.2 Å². The largest absolute Gasteiger partial charge is 0.445 e. The highest BCUT2D eigenvalue weighted by Gasteiger charge is 2.29. The normalized spacial score (nSPS) is 11.2. The van der Waals surface area contributed by atoms with Crippen LogP contribution in [0.2, 0.25) is 24.2 Å². The Hall–Kier alpha value is -3.20. The van der Waals surface area contributed by atoms with E-state index in [1.54, 1.807) is 6.08 Å². The van der Waals surface area contributed by atoms with E-state index < -0.39 is 8.07 Å². The van der Waals surface area contributed by atoms with Crippen LogP contribution in [0.4, 0.5) is 4.79 Å². The van der Waals surface area contributed by atoms with E-state index in [2.05, 4.69) is 48.8 Å². The van der Waals surface area contributed by atoms with E-state index in [4.69, 9.17) is 11.3 Å². The summed E-state index contributed by atoms with van der Waals surface area (Å²) in [7, 11) is -1.54. The number of allylic oxidation sites excluding steroid dienone is 3. The van der Waals surface area contributed by atoms with Crippen LogP contribution in [-0.2, 0) is 11.3 Å². The van der Waals surface area contributed by atoms with Crippen molar-refractivity contribution in [1.82, 2.24) is 5.32 Å². The Morgan fingerprint density at radius 1 is 0.939 bits per heavy atom. The summed E-state index contributed by atoms with van der Waals surface area (Å²) in [4.78, 5) is 12.4. The van der Waals surface area contributed by atoms with Crippen LogP contribution in [0, 0.1) is 6.58 Å². The van der Waals surface area contributed by atoms with Gasteiger partial charge in [0.05, 0.1) is 8.07 Å². The molecule has 0 radical (unpaired) electrons. The van der Waals surface area contributed by atoms with Crippen LogP contribution in [0.3, 0.4) is 0 Å². The van der Waals surface area contributed by atoms with E-state index in [1.807, 2.05) is 36.4 Å². The molecule has 170 valence electrons. The first-order valence-corrected chi connectivity index (χ1v) is 14.5. The summed E-state index contributed by atoms with van der Waals surface area (Å²) in [5.41, 5.74) is 1.04. The molecule has 0 fully saturated rings. The zero-order valence-corrected chi connectivity index (χ0v) is 20.4. The lowest BCUT2D eigenvalue weighted by Crippen LogP contribution is -2.32. The molecule has 1 amide bonds. The molecule has 0 saturated heterocycles. The van der Waals surface area contributed by atoms with Crippen LogP contribution in [0.25, 0.3) is 21.5 Å². The molecule has 0 aromatic heterocycles. The van der Waals surface area contributed by atoms with Crippen molar-refractivity contribution in [3.63, 3.8) is 0 Å². The predicted molar refractivity (Wildman–Crippen MR) is 143 cm³/mol. The van der Waals surface area contributed by atoms with E-state index in [9.17, 15) is 4.79 Å². The highest BCUT2D eigenvalue weighted by Crippen LogP contribution is 2.30. The number of unbranched alkanes of at least 4 members (excludes halogenated alkanes) is 1. The summed E-state index contributed by atoms with van der Waals surface area (Å²) in [6.45, 7) is 14.5. The molecule has 3 rings (SSSR count). The standard InChI is InChI=1S/C29H33NO2Si/c1-4-18-33(19-5-2,20-6-3)21-12-11-17-30-29(31)32-23-28-26-15-9-7-13-24(26)22-25-14-8-10-16-27(25)28/h1,4-10,13-16,22H,2-3,11-12,17-21,23H2/p+1. The molecular formula is C29H34NO2Si+. The Kier molecular flexibility index (Phi) is 9.00. The van der Waals surface area contributed by atoms with E-state index in [-0.39, 0.29) is 12.7 Å². The van der Waals surface area contributed by atoms with Gasteiger partial charge in [-0.25, -0.2) is 4.79 Å². The van der Waals surface area contributed by atoms with E-state index in [1.165, 1.54) is 0 Å². The van der Waals surface area contributed by atoms with Gasteiger partial charge in [-0.05, 0) is 46.1 Å². The molecule has 0 bridgehead atoms. The lowest BCUT2D eigenvalue weighted by molar-refractivity contribution is 0.140. The smallest absolute Gasteiger partial charge is 0.407 e. The van der Waals surface area contributed by atoms with Crippen LogP contribution in [-0.4, -0.2) is 20.7 Å². The number of carbonyl (C=O) groups excluding carboxylic acids is 1. The molecule has 3 aromatic carbocycles. The molecule has 3 nitrogen and oxygen atoms in total. The monoisotopic (exact) mass is 456 g/mol. The molecule has 4 heteroatoms. The molecule has 0 aliphatic rings. The molecule has 0 saturated carbocycles. The first-order valence-electron chi connectivity index (χ1n) is 11.7. The molecule has 3 aromatic rings. The van der Waals surface area contributed by atoms with Crippen molar-refractivity contribution in [1.29, 1.82) is 0 Å². The number of alkyl carbamates (subject to hydrolysis) is 1. The number of carbonyl (C=O) groups is 1. The van der Waals surface area contributed by atoms with Gasteiger partial charge in [-0.1, -0.05) is 73.1 Å². The van der Waals surface area contributed by atoms with Crippen LogP contribution < -0.4 is 5.32 Å². The van der Waals surface area contributed by atoms with Gasteiger partial charge in [0.15, 0.2) is 0 Å². The Bertz CT molecular complexity index is 1040. The van der Waals surface area contributed by atoms with Crippen molar-refractivity contribution in [2.45, 2.75) is 43.6 Å². The minimum Gasteiger partial charge on any atom is -0.445 e. The van der Waals surface area contributed by atoms with E-state index in [0.717, 1.165) is 64.1 Å². The highest BCUT2D eigenvalue weighted by atomic mass is 28.3. The van der Waals surface area contributed by atoms with Gasteiger partial charge in [-0.15, -0.1) is 13.2 Å². The first-order chi connectivity index (χ1) is 16.1. The average Bonchev–Trinajstić information content (AvgIpc) is 2.82. The maximum atomic E-state index is 12.4. The highest BCUT2D eigenvalue weighted by molar-refractivity contribution is 6.81. The van der Waals surface area contributed by atoms with Crippen molar-refractivity contribution >= 4 is 35.7 Å². The summed E-state index contributed by atoms with van der Waals surface area (Å²) in [6, 6.07) is 22.8. The first kappa shape index (κ1) is 24.4. The average molecular weight is 457 g/mol. The van der Waals surface area contributed by atoms with Gasteiger partial charge in [0.1, 0.15) is 12.7 Å². The fraction of sp³-hybridized carbons (Fsp3) is 0.276. The van der Waals surface area contributed by atoms with Crippen LogP contribution in [0.5, 0.6) is 0 Å². The summed E-state index contributed by atoms with van der Waals surface area (Å²) in [6.07, 6.45) is 7.43. The Morgan fingerprint density at radius 3 is 2.12 bits per heavy atom. The number of amides is 1. The molecule has 1 N–H and O–H groups in total. The zero-order valence-electron chi connectivity index (χ0n) is 19.4. The molecule has 33 heavy (non-hydrogen) atoms. The lowest BCUT2D eigenvalue weighted by atomic mass is 9.97. The van der Waals surface area contributed by atoms with Gasteiger partial charge in [0.25, 0.3) is 0 Å². The van der Waals surface area contributed by atoms with Crippen molar-refractivity contribution in [3.8, 4) is 0 Å². The third-order valence-corrected chi connectivity index (χ3v) is 11.2. The molecule has 0 heterocycles. The van der Waals surface area contributed by atoms with Crippen molar-refractivity contribution < 1.29 is 9.53 Å². The minimum absolute atomic E-state index is 0.245. The van der Waals surface area contributed by atoms with E-state index >= 15 is 0 Å². The lowest BCUT2D eigenvalue weighted by Gasteiger charge is -2.27. The van der Waals surface area contributed by atoms with Gasteiger partial charge in [0.2, 0.25) is 6.58 Å². The van der Waals surface area contributed by atoms with Crippen LogP contribution >= 0.6 is 0 Å². The number of hydrogen-bond acceptors (Lipinski definition) is 2. The van der Waals surface area contributed by atoms with Crippen molar-refractivity contribution in [2.24, 2.45) is 0 Å². The van der Waals surface area contributed by atoms with Gasteiger partial charge < -0.3 is 10.1 Å². The second-order valence-corrected chi connectivity index (χ2v) is 13.4. The summed E-state index contributed by atoms with van der Waals surface area (Å²) in [5.74, 6) is 0. The summed E-state index contributed by atoms with van der Waals surface area (Å²) in [5, 5.41) is 7.45. The topological polar surface area (TPSA) is 38.3 Å². The third-order valence-electron chi connectivity index (χ3n) is 6.34. The Labute approximate surface area is 198 Å². The number of ether oxygens (including phenoxy) is 1. The van der Waals surface area contributed by atoms with Gasteiger partial charge in [-0.2, -0.15) is 0 Å². The maximum Gasteiger partial charge on any atom is 0.407 e. The summed E-state index contributed by atoms with van der Waals surface area (Å²) >= 11 is 0. The number of hydrogen-bond donors (Lipinski definition) is 1. The maximum absolute atomic E-state index is 12.4. The second kappa shape index (κ2) is 12.1. The molecule has 0 spiro atoms. The molecule has 0 atom stereocenters. The minimum atomic E-state index is -1.54. The van der Waals surface area contributed by atoms with Gasteiger partial charge >= 0.3 is 6.09 Å². The fourth-order valence-corrected chi connectivity index (χ4v) is 8.52. The summed E-state index contributed by atoms with van der Waals surface area (Å²) < 4.78 is 5.62. The van der Waals surface area contributed by atoms with Gasteiger partial charge in [-0.3, -0.25) is 0 Å². The van der Waals surface area contributed by atoms with Crippen molar-refractivity contribution in [2.75, 3.05) is 6.54 Å². The molecule has 0 unspecified atom stereocenters. The number of benzene rings is 3. The molecule has 0 aliphatic heterocycles. The molecule has 0 aliphatic carbocycles. The molecular weight excluding hydrogens is 422 g/mol. The zero-order chi connectivity index (χ0) is 23.5. The number of fused-ring (bicyclic) bond motifs is 2. The Morgan fingerprint density at radius 2 is 1.55 bits per heavy atom. The quantitative estimate of drug-likeness (QED) is 0.0936. The fourth-order valence-electron chi connectivity index (χ4n) is 4.69. The Balaban J connectivity index is 1.54. The predicted octanol–water partition coefficient (Wildman–Crippen LogP) is 7.81. The van der Waals surface area contributed by atoms with Crippen LogP contribution in [0.1, 0.15) is 18.4 Å². The van der Waals surface area contributed by atoms with Crippen molar-refractivity contribution in [3.05, 3.63) is 98.1 Å². The van der Waals surface area contributed by atoms with E-state index in [0.29, 0.717) is 6.54 Å². The number of rotatable bonds is 13. The number of nitrogens with one attached hydrogen (secondary N) is 1. The van der Waals surface area contributed by atoms with Crippen LogP contribution in [0.15, 0.2) is 86.0 Å².